The van der Waals surface area contributed by atoms with Gasteiger partial charge in [0.25, 0.3) is 0 Å². The van der Waals surface area contributed by atoms with Gasteiger partial charge in [0.15, 0.2) is 0 Å². The van der Waals surface area contributed by atoms with Gasteiger partial charge in [-0.2, -0.15) is 0 Å². The summed E-state index contributed by atoms with van der Waals surface area (Å²) in [7, 11) is 0. The smallest absolute Gasteiger partial charge is 0.0753 e. The molecule has 17 heavy (non-hydrogen) atoms. The van der Waals surface area contributed by atoms with Crippen LogP contribution in [0.3, 0.4) is 0 Å². The van der Waals surface area contributed by atoms with E-state index in [0.29, 0.717) is 12.6 Å². The molecule has 2 atom stereocenters. The molecule has 4 nitrogen and oxygen atoms in total. The second-order valence-electron chi connectivity index (χ2n) is 5.59. The summed E-state index contributed by atoms with van der Waals surface area (Å²) in [6.07, 6.45) is 1.99. The molecule has 1 aliphatic rings. The van der Waals surface area contributed by atoms with Crippen LogP contribution in [0.15, 0.2) is 0 Å². The van der Waals surface area contributed by atoms with Gasteiger partial charge in [0.1, 0.15) is 0 Å². The van der Waals surface area contributed by atoms with E-state index in [-0.39, 0.29) is 0 Å². The van der Waals surface area contributed by atoms with Gasteiger partial charge in [0.05, 0.1) is 5.60 Å². The standard InChI is InChI=1S/C13H29N3O/c1-4-12(2)16-9-7-15(8-10-16)6-5-13(3,17)11-14/h12,17H,4-11,14H2,1-3H3. The largest absolute Gasteiger partial charge is 0.389 e. The molecular weight excluding hydrogens is 214 g/mol. The highest BCUT2D eigenvalue weighted by atomic mass is 16.3. The molecule has 0 bridgehead atoms. The molecule has 1 heterocycles. The molecule has 3 N–H and O–H groups in total. The molecule has 1 rings (SSSR count). The van der Waals surface area contributed by atoms with Gasteiger partial charge < -0.3 is 15.7 Å². The Balaban J connectivity index is 2.23. The lowest BCUT2D eigenvalue weighted by molar-refractivity contribution is 0.0351. The number of nitrogens with two attached hydrogens (primary N) is 1. The van der Waals surface area contributed by atoms with E-state index >= 15 is 0 Å². The van der Waals surface area contributed by atoms with Crippen molar-refractivity contribution in [1.82, 2.24) is 9.80 Å². The Morgan fingerprint density at radius 1 is 1.29 bits per heavy atom. The number of aliphatic hydroxyl groups is 1. The molecule has 0 amide bonds. The summed E-state index contributed by atoms with van der Waals surface area (Å²) in [5, 5.41) is 9.87. The molecule has 1 aliphatic heterocycles. The van der Waals surface area contributed by atoms with E-state index in [4.69, 9.17) is 5.73 Å². The van der Waals surface area contributed by atoms with E-state index in [1.54, 1.807) is 0 Å². The maximum atomic E-state index is 9.87. The molecule has 0 radical (unpaired) electrons. The fraction of sp³-hybridized carbons (Fsp3) is 1.00. The molecule has 0 spiro atoms. The SMILES string of the molecule is CCC(C)N1CCN(CCC(C)(O)CN)CC1. The van der Waals surface area contributed by atoms with Crippen molar-refractivity contribution < 1.29 is 5.11 Å². The molecule has 102 valence electrons. The van der Waals surface area contributed by atoms with Crippen molar-refractivity contribution in [2.45, 2.75) is 45.3 Å². The van der Waals surface area contributed by atoms with Crippen LogP contribution >= 0.6 is 0 Å². The van der Waals surface area contributed by atoms with E-state index in [1.165, 1.54) is 6.42 Å². The zero-order chi connectivity index (χ0) is 12.9. The highest BCUT2D eigenvalue weighted by molar-refractivity contribution is 4.79. The molecular formula is C13H29N3O. The van der Waals surface area contributed by atoms with Crippen LogP contribution in [0.1, 0.15) is 33.6 Å². The molecule has 0 aromatic carbocycles. The van der Waals surface area contributed by atoms with Crippen molar-refractivity contribution >= 4 is 0 Å². The number of nitrogens with zero attached hydrogens (tertiary/aromatic N) is 2. The maximum absolute atomic E-state index is 9.87. The maximum Gasteiger partial charge on any atom is 0.0753 e. The van der Waals surface area contributed by atoms with E-state index in [1.807, 2.05) is 6.92 Å². The van der Waals surface area contributed by atoms with E-state index in [2.05, 4.69) is 23.6 Å². The molecule has 4 heteroatoms. The summed E-state index contributed by atoms with van der Waals surface area (Å²) < 4.78 is 0. The van der Waals surface area contributed by atoms with Gasteiger partial charge >= 0.3 is 0 Å². The summed E-state index contributed by atoms with van der Waals surface area (Å²) >= 11 is 0. The Kier molecular flexibility index (Phi) is 5.86. The second-order valence-corrected chi connectivity index (χ2v) is 5.59. The zero-order valence-electron chi connectivity index (χ0n) is 11.7. The Morgan fingerprint density at radius 3 is 2.35 bits per heavy atom. The zero-order valence-corrected chi connectivity index (χ0v) is 11.7. The van der Waals surface area contributed by atoms with Crippen molar-refractivity contribution in [2.75, 3.05) is 39.3 Å². The number of hydrogen-bond donors (Lipinski definition) is 2. The highest BCUT2D eigenvalue weighted by Crippen LogP contribution is 2.12. The number of rotatable bonds is 6. The molecule has 0 aromatic rings. The average molecular weight is 243 g/mol. The van der Waals surface area contributed by atoms with Gasteiger partial charge in [0, 0.05) is 45.3 Å². The Bertz CT molecular complexity index is 213. The van der Waals surface area contributed by atoms with Crippen LogP contribution in [0, 0.1) is 0 Å². The van der Waals surface area contributed by atoms with Gasteiger partial charge in [-0.05, 0) is 26.7 Å². The summed E-state index contributed by atoms with van der Waals surface area (Å²) in [5.41, 5.74) is 4.82. The quantitative estimate of drug-likeness (QED) is 0.713. The Morgan fingerprint density at radius 2 is 1.88 bits per heavy atom. The van der Waals surface area contributed by atoms with E-state index < -0.39 is 5.60 Å². The summed E-state index contributed by atoms with van der Waals surface area (Å²) in [5.74, 6) is 0. The van der Waals surface area contributed by atoms with Crippen LogP contribution in [0.2, 0.25) is 0 Å². The van der Waals surface area contributed by atoms with Crippen LogP contribution in [0.25, 0.3) is 0 Å². The minimum absolute atomic E-state index is 0.347. The monoisotopic (exact) mass is 243 g/mol. The molecule has 1 fully saturated rings. The van der Waals surface area contributed by atoms with Gasteiger partial charge in [-0.15, -0.1) is 0 Å². The molecule has 0 aliphatic carbocycles. The second kappa shape index (κ2) is 6.69. The van der Waals surface area contributed by atoms with Gasteiger partial charge in [0.2, 0.25) is 0 Å². The molecule has 1 saturated heterocycles. The Hall–Kier alpha value is -0.160. The topological polar surface area (TPSA) is 52.7 Å². The van der Waals surface area contributed by atoms with E-state index in [9.17, 15) is 5.11 Å². The van der Waals surface area contributed by atoms with Crippen molar-refractivity contribution in [3.63, 3.8) is 0 Å². The lowest BCUT2D eigenvalue weighted by Crippen LogP contribution is -2.50. The summed E-state index contributed by atoms with van der Waals surface area (Å²) in [6, 6.07) is 0.698. The van der Waals surface area contributed by atoms with Crippen molar-refractivity contribution in [1.29, 1.82) is 0 Å². The van der Waals surface area contributed by atoms with Gasteiger partial charge in [-0.1, -0.05) is 6.92 Å². The van der Waals surface area contributed by atoms with Gasteiger partial charge in [-0.3, -0.25) is 4.90 Å². The van der Waals surface area contributed by atoms with Crippen molar-refractivity contribution in [3.05, 3.63) is 0 Å². The van der Waals surface area contributed by atoms with Gasteiger partial charge in [-0.25, -0.2) is 0 Å². The lowest BCUT2D eigenvalue weighted by atomic mass is 10.0. The third-order valence-corrected chi connectivity index (χ3v) is 4.03. The van der Waals surface area contributed by atoms with Crippen LogP contribution < -0.4 is 5.73 Å². The highest BCUT2D eigenvalue weighted by Gasteiger charge is 2.23. The number of piperazine rings is 1. The van der Waals surface area contributed by atoms with E-state index in [0.717, 1.165) is 39.1 Å². The first-order chi connectivity index (χ1) is 7.98. The number of hydrogen-bond acceptors (Lipinski definition) is 4. The minimum atomic E-state index is -0.701. The fourth-order valence-electron chi connectivity index (χ4n) is 2.19. The van der Waals surface area contributed by atoms with Crippen molar-refractivity contribution in [2.24, 2.45) is 5.73 Å². The fourth-order valence-corrected chi connectivity index (χ4v) is 2.19. The summed E-state index contributed by atoms with van der Waals surface area (Å²) in [4.78, 5) is 4.99. The normalized spacial score (nSPS) is 24.5. The first kappa shape index (κ1) is 14.9. The van der Waals surface area contributed by atoms with Crippen LogP contribution in [0.5, 0.6) is 0 Å². The molecule has 0 aromatic heterocycles. The lowest BCUT2D eigenvalue weighted by Gasteiger charge is -2.38. The van der Waals surface area contributed by atoms with Crippen LogP contribution in [-0.2, 0) is 0 Å². The predicted octanol–water partition coefficient (Wildman–Crippen LogP) is 0.502. The molecule has 0 saturated carbocycles. The third kappa shape index (κ3) is 4.92. The van der Waals surface area contributed by atoms with Crippen LogP contribution in [-0.4, -0.2) is 65.8 Å². The third-order valence-electron chi connectivity index (χ3n) is 4.03. The summed E-state index contributed by atoms with van der Waals surface area (Å²) in [6.45, 7) is 12.2. The Labute approximate surface area is 106 Å². The molecule has 2 unspecified atom stereocenters. The van der Waals surface area contributed by atoms with Crippen LogP contribution in [0.4, 0.5) is 0 Å². The minimum Gasteiger partial charge on any atom is -0.389 e. The predicted molar refractivity (Wildman–Crippen MR) is 72.1 cm³/mol. The van der Waals surface area contributed by atoms with Crippen molar-refractivity contribution in [3.8, 4) is 0 Å². The first-order valence-corrected chi connectivity index (χ1v) is 6.87. The first-order valence-electron chi connectivity index (χ1n) is 6.87. The average Bonchev–Trinajstić information content (AvgIpc) is 2.36.